The maximum Gasteiger partial charge on any atom is 0.323 e. The Morgan fingerprint density at radius 2 is 1.93 bits per heavy atom. The number of hydrogen-bond acceptors (Lipinski definition) is 2. The Morgan fingerprint density at radius 3 is 2.63 bits per heavy atom. The highest BCUT2D eigenvalue weighted by Crippen LogP contribution is 2.40. The van der Waals surface area contributed by atoms with Crippen LogP contribution < -0.4 is 5.43 Å². The zero-order valence-electron chi connectivity index (χ0n) is 17.2. The first-order chi connectivity index (χ1) is 14.2. The Kier molecular flexibility index (Phi) is 5.58. The van der Waals surface area contributed by atoms with Gasteiger partial charge in [0.15, 0.2) is 5.43 Å². The van der Waals surface area contributed by atoms with Gasteiger partial charge in [0, 0.05) is 10.8 Å². The van der Waals surface area contributed by atoms with Crippen LogP contribution in [0.5, 0.6) is 0 Å². The maximum absolute atomic E-state index is 13.1. The Labute approximate surface area is 185 Å². The SMILES string of the molecule is CC1(C)CCCC(Cc2ccc3c(=O)c4ccc(Cl)c(Cl)c4n(CC(=O)O)c3c2)C1. The monoisotopic (exact) mass is 445 g/mol. The molecule has 158 valence electrons. The van der Waals surface area contributed by atoms with Gasteiger partial charge in [-0.3, -0.25) is 9.59 Å². The third-order valence-electron chi connectivity index (χ3n) is 6.31. The number of nitrogens with zero attached hydrogens (tertiary/aromatic N) is 1. The molecule has 1 aliphatic rings. The number of benzene rings is 2. The van der Waals surface area contributed by atoms with E-state index in [0.717, 1.165) is 12.0 Å². The number of pyridine rings is 1. The first-order valence-electron chi connectivity index (χ1n) is 10.3. The fourth-order valence-electron chi connectivity index (χ4n) is 5.03. The molecular formula is C24H25Cl2NO3. The summed E-state index contributed by atoms with van der Waals surface area (Å²) in [5.41, 5.74) is 2.27. The van der Waals surface area contributed by atoms with Crippen LogP contribution in [0.3, 0.4) is 0 Å². The third kappa shape index (κ3) is 3.95. The van der Waals surface area contributed by atoms with Crippen molar-refractivity contribution in [1.29, 1.82) is 0 Å². The van der Waals surface area contributed by atoms with Crippen molar-refractivity contribution in [1.82, 2.24) is 4.57 Å². The van der Waals surface area contributed by atoms with Crippen LogP contribution in [-0.4, -0.2) is 15.6 Å². The number of carbonyl (C=O) groups is 1. The molecule has 1 unspecified atom stereocenters. The smallest absolute Gasteiger partial charge is 0.323 e. The predicted molar refractivity (Wildman–Crippen MR) is 123 cm³/mol. The van der Waals surface area contributed by atoms with Crippen molar-refractivity contribution in [3.05, 3.63) is 56.2 Å². The summed E-state index contributed by atoms with van der Waals surface area (Å²) in [6, 6.07) is 8.96. The number of hydrogen-bond donors (Lipinski definition) is 1. The Balaban J connectivity index is 1.89. The first kappa shape index (κ1) is 21.2. The molecule has 0 spiro atoms. The van der Waals surface area contributed by atoms with Crippen LogP contribution in [0.25, 0.3) is 21.8 Å². The number of halogens is 2. The lowest BCUT2D eigenvalue weighted by Crippen LogP contribution is -2.24. The number of aromatic nitrogens is 1. The van der Waals surface area contributed by atoms with Crippen LogP contribution in [0.1, 0.15) is 45.1 Å². The lowest BCUT2D eigenvalue weighted by Gasteiger charge is -2.35. The van der Waals surface area contributed by atoms with Crippen molar-refractivity contribution in [3.63, 3.8) is 0 Å². The molecule has 1 fully saturated rings. The van der Waals surface area contributed by atoms with Crippen molar-refractivity contribution < 1.29 is 9.90 Å². The minimum atomic E-state index is -1.00. The number of rotatable bonds is 4. The Hall–Kier alpha value is -2.04. The lowest BCUT2D eigenvalue weighted by molar-refractivity contribution is -0.137. The van der Waals surface area contributed by atoms with E-state index in [9.17, 15) is 14.7 Å². The zero-order chi connectivity index (χ0) is 21.6. The summed E-state index contributed by atoms with van der Waals surface area (Å²) >= 11 is 12.6. The second-order valence-electron chi connectivity index (χ2n) is 9.25. The molecule has 0 saturated heterocycles. The maximum atomic E-state index is 13.1. The average molecular weight is 446 g/mol. The third-order valence-corrected chi connectivity index (χ3v) is 7.10. The molecule has 0 radical (unpaired) electrons. The van der Waals surface area contributed by atoms with Gasteiger partial charge in [0.2, 0.25) is 0 Å². The number of carboxylic acid groups (broad SMARTS) is 1. The van der Waals surface area contributed by atoms with E-state index in [4.69, 9.17) is 23.2 Å². The quantitative estimate of drug-likeness (QED) is 0.478. The summed E-state index contributed by atoms with van der Waals surface area (Å²) < 4.78 is 1.61. The van der Waals surface area contributed by atoms with Crippen molar-refractivity contribution in [3.8, 4) is 0 Å². The van der Waals surface area contributed by atoms with Crippen molar-refractivity contribution >= 4 is 51.0 Å². The molecule has 1 heterocycles. The fourth-order valence-corrected chi connectivity index (χ4v) is 5.45. The fraction of sp³-hybridized carbons (Fsp3) is 0.417. The van der Waals surface area contributed by atoms with E-state index in [2.05, 4.69) is 13.8 Å². The van der Waals surface area contributed by atoms with Gasteiger partial charge >= 0.3 is 5.97 Å². The Bertz CT molecular complexity index is 1210. The van der Waals surface area contributed by atoms with Gasteiger partial charge in [-0.05, 0) is 60.4 Å². The van der Waals surface area contributed by atoms with Gasteiger partial charge in [-0.15, -0.1) is 0 Å². The van der Waals surface area contributed by atoms with Crippen LogP contribution >= 0.6 is 23.2 Å². The van der Waals surface area contributed by atoms with E-state index in [1.165, 1.54) is 25.7 Å². The molecule has 1 N–H and O–H groups in total. The summed E-state index contributed by atoms with van der Waals surface area (Å²) in [6.07, 6.45) is 5.77. The number of aliphatic carboxylic acids is 1. The Morgan fingerprint density at radius 1 is 1.20 bits per heavy atom. The van der Waals surface area contributed by atoms with Gasteiger partial charge in [0.05, 0.1) is 21.1 Å². The number of carboxylic acids is 1. The molecule has 1 aliphatic carbocycles. The summed E-state index contributed by atoms with van der Waals surface area (Å²) in [6.45, 7) is 4.34. The first-order valence-corrected chi connectivity index (χ1v) is 11.1. The van der Waals surface area contributed by atoms with E-state index in [1.54, 1.807) is 16.7 Å². The minimum Gasteiger partial charge on any atom is -0.480 e. The summed E-state index contributed by atoms with van der Waals surface area (Å²) in [5.74, 6) is -0.416. The molecule has 4 rings (SSSR count). The minimum absolute atomic E-state index is 0.162. The summed E-state index contributed by atoms with van der Waals surface area (Å²) in [7, 11) is 0. The van der Waals surface area contributed by atoms with E-state index in [1.807, 2.05) is 18.2 Å². The van der Waals surface area contributed by atoms with E-state index >= 15 is 0 Å². The second kappa shape index (κ2) is 7.90. The molecule has 0 aliphatic heterocycles. The van der Waals surface area contributed by atoms with Crippen LogP contribution in [0.2, 0.25) is 10.0 Å². The van der Waals surface area contributed by atoms with Crippen LogP contribution in [-0.2, 0) is 17.8 Å². The highest BCUT2D eigenvalue weighted by atomic mass is 35.5. The molecule has 1 aromatic heterocycles. The number of fused-ring (bicyclic) bond motifs is 2. The van der Waals surface area contributed by atoms with E-state index < -0.39 is 5.97 Å². The van der Waals surface area contributed by atoms with Crippen molar-refractivity contribution in [2.24, 2.45) is 11.3 Å². The van der Waals surface area contributed by atoms with Crippen molar-refractivity contribution in [2.45, 2.75) is 52.5 Å². The molecule has 2 aromatic carbocycles. The summed E-state index contributed by atoms with van der Waals surface area (Å²) in [5, 5.41) is 10.9. The van der Waals surface area contributed by atoms with E-state index in [-0.39, 0.29) is 17.0 Å². The molecule has 1 atom stereocenters. The van der Waals surface area contributed by atoms with Gasteiger partial charge in [-0.25, -0.2) is 0 Å². The van der Waals surface area contributed by atoms with Gasteiger partial charge in [-0.2, -0.15) is 0 Å². The predicted octanol–water partition coefficient (Wildman–Crippen LogP) is 6.31. The highest BCUT2D eigenvalue weighted by Gasteiger charge is 2.28. The summed E-state index contributed by atoms with van der Waals surface area (Å²) in [4.78, 5) is 24.7. The molecule has 3 aromatic rings. The van der Waals surface area contributed by atoms with Crippen LogP contribution in [0.15, 0.2) is 35.1 Å². The molecule has 4 nitrogen and oxygen atoms in total. The van der Waals surface area contributed by atoms with Gasteiger partial charge in [-0.1, -0.05) is 56.0 Å². The van der Waals surface area contributed by atoms with Gasteiger partial charge in [0.1, 0.15) is 6.54 Å². The standard InChI is InChI=1S/C24H25Cl2NO3/c1-24(2)9-3-4-15(12-24)10-14-5-6-16-19(11-14)27(13-20(28)29)22-17(23(16)30)7-8-18(25)21(22)26/h5-8,11,15H,3-4,9-10,12-13H2,1-2H3,(H,28,29). The molecule has 30 heavy (non-hydrogen) atoms. The molecule has 6 heteroatoms. The van der Waals surface area contributed by atoms with E-state index in [0.29, 0.717) is 38.2 Å². The average Bonchev–Trinajstić information content (AvgIpc) is 2.66. The van der Waals surface area contributed by atoms with Gasteiger partial charge in [0.25, 0.3) is 0 Å². The molecule has 0 amide bonds. The lowest BCUT2D eigenvalue weighted by atomic mass is 9.70. The largest absolute Gasteiger partial charge is 0.480 e. The molecule has 1 saturated carbocycles. The van der Waals surface area contributed by atoms with Crippen LogP contribution in [0.4, 0.5) is 0 Å². The highest BCUT2D eigenvalue weighted by molar-refractivity contribution is 6.45. The van der Waals surface area contributed by atoms with Gasteiger partial charge < -0.3 is 9.67 Å². The second-order valence-corrected chi connectivity index (χ2v) is 10.0. The molecular weight excluding hydrogens is 421 g/mol. The van der Waals surface area contributed by atoms with Crippen LogP contribution in [0, 0.1) is 11.3 Å². The molecule has 0 bridgehead atoms. The topological polar surface area (TPSA) is 59.3 Å². The normalized spacial score (nSPS) is 18.7. The van der Waals surface area contributed by atoms with Crippen molar-refractivity contribution in [2.75, 3.05) is 0 Å². The zero-order valence-corrected chi connectivity index (χ0v) is 18.7.